The number of hydrogen-bond acceptors (Lipinski definition) is 3. The zero-order valence-electron chi connectivity index (χ0n) is 17.7. The second-order valence-corrected chi connectivity index (χ2v) is 8.75. The summed E-state index contributed by atoms with van der Waals surface area (Å²) < 4.78 is 9.39. The average Bonchev–Trinajstić information content (AvgIpc) is 2.92. The van der Waals surface area contributed by atoms with E-state index in [4.69, 9.17) is 4.74 Å². The summed E-state index contributed by atoms with van der Waals surface area (Å²) >= 11 is 0. The van der Waals surface area contributed by atoms with Gasteiger partial charge in [0.1, 0.15) is 5.60 Å². The number of fused-ring (bicyclic) bond motifs is 3. The summed E-state index contributed by atoms with van der Waals surface area (Å²) in [5.74, 6) is 0. The van der Waals surface area contributed by atoms with E-state index in [0.29, 0.717) is 13.1 Å². The Morgan fingerprint density at radius 3 is 2.59 bits per heavy atom. The highest BCUT2D eigenvalue weighted by molar-refractivity contribution is 5.88. The van der Waals surface area contributed by atoms with Crippen molar-refractivity contribution in [2.45, 2.75) is 46.3 Å². The normalized spacial score (nSPS) is 14.2. The van der Waals surface area contributed by atoms with Gasteiger partial charge in [0.05, 0.1) is 17.7 Å². The minimum Gasteiger partial charge on any atom is -0.444 e. The van der Waals surface area contributed by atoms with Gasteiger partial charge in [0, 0.05) is 48.9 Å². The first-order valence-corrected chi connectivity index (χ1v) is 9.92. The van der Waals surface area contributed by atoms with Gasteiger partial charge in [0.25, 0.3) is 5.56 Å². The molecule has 152 valence electrons. The Balaban J connectivity index is 1.72. The van der Waals surface area contributed by atoms with Crippen molar-refractivity contribution in [1.29, 1.82) is 0 Å². The third-order valence-corrected chi connectivity index (χ3v) is 5.39. The van der Waals surface area contributed by atoms with Crippen LogP contribution in [0.5, 0.6) is 0 Å². The lowest BCUT2D eigenvalue weighted by atomic mass is 10.0. The number of aromatic nitrogens is 2. The number of pyridine rings is 1. The molecule has 1 aromatic carbocycles. The van der Waals surface area contributed by atoms with Gasteiger partial charge in [0.2, 0.25) is 0 Å². The molecule has 1 amide bonds. The van der Waals surface area contributed by atoms with Crippen LogP contribution in [0.25, 0.3) is 16.6 Å². The number of carbonyl (C=O) groups is 1. The van der Waals surface area contributed by atoms with Crippen LogP contribution in [-0.2, 0) is 24.8 Å². The van der Waals surface area contributed by atoms with Gasteiger partial charge in [-0.1, -0.05) is 6.07 Å². The Morgan fingerprint density at radius 2 is 1.90 bits per heavy atom. The van der Waals surface area contributed by atoms with Crippen LogP contribution < -0.4 is 5.56 Å². The van der Waals surface area contributed by atoms with E-state index in [1.165, 1.54) is 5.69 Å². The van der Waals surface area contributed by atoms with E-state index in [9.17, 15) is 9.59 Å². The molecule has 3 aromatic rings. The van der Waals surface area contributed by atoms with Crippen molar-refractivity contribution in [1.82, 2.24) is 14.0 Å². The second kappa shape index (κ2) is 6.79. The van der Waals surface area contributed by atoms with E-state index < -0.39 is 5.60 Å². The van der Waals surface area contributed by atoms with E-state index in [1.54, 1.807) is 15.5 Å². The number of rotatable bonds is 1. The Hall–Kier alpha value is -3.02. The quantitative estimate of drug-likeness (QED) is 0.629. The summed E-state index contributed by atoms with van der Waals surface area (Å²) in [5, 5.41) is 1.11. The van der Waals surface area contributed by atoms with Gasteiger partial charge in [-0.25, -0.2) is 4.79 Å². The third kappa shape index (κ3) is 3.55. The number of nitrogens with zero attached hydrogens (tertiary/aromatic N) is 3. The molecule has 0 atom stereocenters. The lowest BCUT2D eigenvalue weighted by Crippen LogP contribution is -2.40. The molecule has 0 fully saturated rings. The van der Waals surface area contributed by atoms with Crippen LogP contribution in [0.2, 0.25) is 0 Å². The van der Waals surface area contributed by atoms with Crippen LogP contribution in [0.4, 0.5) is 4.79 Å². The maximum atomic E-state index is 12.5. The Bertz CT molecular complexity index is 1160. The number of hydrogen-bond donors (Lipinski definition) is 0. The van der Waals surface area contributed by atoms with Gasteiger partial charge < -0.3 is 14.2 Å². The van der Waals surface area contributed by atoms with Gasteiger partial charge in [-0.2, -0.15) is 0 Å². The minimum atomic E-state index is -0.508. The van der Waals surface area contributed by atoms with E-state index in [1.807, 2.05) is 65.2 Å². The SMILES string of the molecule is Cc1ccn(-c2ccc3c4c(n(C)c3c2)CCN(C(=O)OC(C)(C)C)C4)c(=O)c1. The molecular formula is C23H27N3O3. The van der Waals surface area contributed by atoms with Crippen molar-refractivity contribution in [2.75, 3.05) is 6.54 Å². The number of amides is 1. The molecule has 0 saturated heterocycles. The molecule has 0 saturated carbocycles. The first kappa shape index (κ1) is 19.3. The van der Waals surface area contributed by atoms with Crippen LogP contribution in [0.1, 0.15) is 37.6 Å². The van der Waals surface area contributed by atoms with Crippen molar-refractivity contribution in [2.24, 2.45) is 7.05 Å². The summed E-state index contributed by atoms with van der Waals surface area (Å²) in [6, 6.07) is 9.63. The first-order chi connectivity index (χ1) is 13.6. The molecule has 4 rings (SSSR count). The Labute approximate surface area is 170 Å². The summed E-state index contributed by atoms with van der Waals surface area (Å²) in [5.41, 5.74) is 4.68. The van der Waals surface area contributed by atoms with Crippen molar-refractivity contribution in [3.05, 3.63) is 63.7 Å². The molecule has 6 heteroatoms. The van der Waals surface area contributed by atoms with E-state index in [-0.39, 0.29) is 11.7 Å². The molecule has 2 aromatic heterocycles. The highest BCUT2D eigenvalue weighted by atomic mass is 16.6. The largest absolute Gasteiger partial charge is 0.444 e. The van der Waals surface area contributed by atoms with Crippen molar-refractivity contribution in [3.8, 4) is 5.69 Å². The minimum absolute atomic E-state index is 0.0422. The molecule has 0 unspecified atom stereocenters. The lowest BCUT2D eigenvalue weighted by Gasteiger charge is -2.30. The molecule has 29 heavy (non-hydrogen) atoms. The number of carbonyl (C=O) groups excluding carboxylic acids is 1. The molecular weight excluding hydrogens is 366 g/mol. The summed E-state index contributed by atoms with van der Waals surface area (Å²) in [7, 11) is 2.05. The molecule has 1 aliphatic rings. The van der Waals surface area contributed by atoms with Crippen LogP contribution in [0.15, 0.2) is 41.3 Å². The van der Waals surface area contributed by atoms with Crippen molar-refractivity contribution < 1.29 is 9.53 Å². The molecule has 0 radical (unpaired) electrons. The van der Waals surface area contributed by atoms with Crippen LogP contribution in [0.3, 0.4) is 0 Å². The smallest absolute Gasteiger partial charge is 0.410 e. The van der Waals surface area contributed by atoms with E-state index in [0.717, 1.165) is 34.1 Å². The van der Waals surface area contributed by atoms with Crippen LogP contribution >= 0.6 is 0 Å². The maximum absolute atomic E-state index is 12.5. The van der Waals surface area contributed by atoms with Gasteiger partial charge in [-0.05, 0) is 51.5 Å². The van der Waals surface area contributed by atoms with Gasteiger partial charge in [-0.15, -0.1) is 0 Å². The topological polar surface area (TPSA) is 56.5 Å². The average molecular weight is 393 g/mol. The highest BCUT2D eigenvalue weighted by Gasteiger charge is 2.28. The summed E-state index contributed by atoms with van der Waals surface area (Å²) in [6.07, 6.45) is 2.31. The Morgan fingerprint density at radius 1 is 1.14 bits per heavy atom. The number of aryl methyl sites for hydroxylation is 2. The maximum Gasteiger partial charge on any atom is 0.410 e. The zero-order chi connectivity index (χ0) is 20.9. The zero-order valence-corrected chi connectivity index (χ0v) is 17.7. The van der Waals surface area contributed by atoms with Crippen molar-refractivity contribution in [3.63, 3.8) is 0 Å². The fourth-order valence-corrected chi connectivity index (χ4v) is 3.99. The molecule has 0 spiro atoms. The van der Waals surface area contributed by atoms with Crippen molar-refractivity contribution >= 4 is 17.0 Å². The fourth-order valence-electron chi connectivity index (χ4n) is 3.99. The van der Waals surface area contributed by atoms with Gasteiger partial charge in [-0.3, -0.25) is 9.36 Å². The monoisotopic (exact) mass is 393 g/mol. The molecule has 0 N–H and O–H groups in total. The standard InChI is InChI=1S/C23H27N3O3/c1-15-8-11-26(21(27)12-15)16-6-7-17-18-14-25(22(28)29-23(2,3)4)10-9-19(18)24(5)20(17)13-16/h6-8,11-13H,9-10,14H2,1-5H3. The van der Waals surface area contributed by atoms with E-state index in [2.05, 4.69) is 4.57 Å². The highest BCUT2D eigenvalue weighted by Crippen LogP contribution is 2.32. The predicted molar refractivity (Wildman–Crippen MR) is 114 cm³/mol. The predicted octanol–water partition coefficient (Wildman–Crippen LogP) is 3.93. The lowest BCUT2D eigenvalue weighted by molar-refractivity contribution is 0.0223. The van der Waals surface area contributed by atoms with Gasteiger partial charge >= 0.3 is 6.09 Å². The number of ether oxygens (including phenoxy) is 1. The van der Waals surface area contributed by atoms with Crippen LogP contribution in [-0.4, -0.2) is 32.3 Å². The third-order valence-electron chi connectivity index (χ3n) is 5.39. The number of benzene rings is 1. The summed E-state index contributed by atoms with van der Waals surface area (Å²) in [6.45, 7) is 8.73. The fraction of sp³-hybridized carbons (Fsp3) is 0.391. The second-order valence-electron chi connectivity index (χ2n) is 8.75. The first-order valence-electron chi connectivity index (χ1n) is 9.92. The molecule has 0 bridgehead atoms. The molecule has 6 nitrogen and oxygen atoms in total. The Kier molecular flexibility index (Phi) is 4.52. The van der Waals surface area contributed by atoms with Crippen LogP contribution in [0, 0.1) is 6.92 Å². The molecule has 3 heterocycles. The van der Waals surface area contributed by atoms with E-state index >= 15 is 0 Å². The molecule has 1 aliphatic heterocycles. The van der Waals surface area contributed by atoms with Gasteiger partial charge in [0.15, 0.2) is 0 Å². The molecule has 0 aliphatic carbocycles. The summed E-state index contributed by atoms with van der Waals surface area (Å²) in [4.78, 5) is 26.7.